The smallest absolute Gasteiger partial charge is 0.238 e. The number of hydrazine groups is 1. The maximum atomic E-state index is 12.3. The summed E-state index contributed by atoms with van der Waals surface area (Å²) in [7, 11) is 0. The third kappa shape index (κ3) is 4.81. The molecule has 5 heteroatoms. The summed E-state index contributed by atoms with van der Waals surface area (Å²) >= 11 is 0. The van der Waals surface area contributed by atoms with Gasteiger partial charge < -0.3 is 10.4 Å². The van der Waals surface area contributed by atoms with E-state index >= 15 is 0 Å². The molecular formula is C20H25N3O2. The number of benzene rings is 2. The second-order valence-corrected chi connectivity index (χ2v) is 6.42. The highest BCUT2D eigenvalue weighted by Crippen LogP contribution is 2.28. The monoisotopic (exact) mass is 339 g/mol. The lowest BCUT2D eigenvalue weighted by Gasteiger charge is -2.11. The predicted octanol–water partition coefficient (Wildman–Crippen LogP) is 2.44. The van der Waals surface area contributed by atoms with E-state index in [1.54, 1.807) is 12.1 Å². The fraction of sp³-hybridized carbons (Fsp3) is 0.350. The van der Waals surface area contributed by atoms with Gasteiger partial charge in [-0.1, -0.05) is 48.5 Å². The van der Waals surface area contributed by atoms with Crippen molar-refractivity contribution >= 4 is 5.91 Å². The second-order valence-electron chi connectivity index (χ2n) is 6.42. The van der Waals surface area contributed by atoms with Gasteiger partial charge in [0.05, 0.1) is 6.04 Å². The summed E-state index contributed by atoms with van der Waals surface area (Å²) in [6.45, 7) is 0.686. The van der Waals surface area contributed by atoms with Gasteiger partial charge in [0.2, 0.25) is 5.91 Å². The van der Waals surface area contributed by atoms with Crippen LogP contribution < -0.4 is 16.2 Å². The molecule has 3 rings (SSSR count). The molecule has 5 nitrogen and oxygen atoms in total. The van der Waals surface area contributed by atoms with Crippen molar-refractivity contribution in [2.45, 2.75) is 37.8 Å². The van der Waals surface area contributed by atoms with E-state index < -0.39 is 0 Å². The van der Waals surface area contributed by atoms with Crippen LogP contribution in [0.2, 0.25) is 0 Å². The highest BCUT2D eigenvalue weighted by Gasteiger charge is 2.30. The van der Waals surface area contributed by atoms with Crippen molar-refractivity contribution in [3.63, 3.8) is 0 Å². The van der Waals surface area contributed by atoms with Gasteiger partial charge in [-0.05, 0) is 37.3 Å². The van der Waals surface area contributed by atoms with Crippen LogP contribution in [0.5, 0.6) is 5.75 Å². The molecule has 1 aliphatic rings. The Morgan fingerprint density at radius 1 is 1.04 bits per heavy atom. The minimum absolute atomic E-state index is 0.00475. The van der Waals surface area contributed by atoms with Crippen LogP contribution in [0, 0.1) is 0 Å². The molecule has 0 spiro atoms. The van der Waals surface area contributed by atoms with E-state index in [1.165, 1.54) is 5.56 Å². The number of phenolic OH excluding ortho intramolecular Hbond substituents is 1. The summed E-state index contributed by atoms with van der Waals surface area (Å²) in [5.74, 6) is 0.258. The fourth-order valence-corrected chi connectivity index (χ4v) is 3.15. The predicted molar refractivity (Wildman–Crippen MR) is 97.9 cm³/mol. The molecular weight excluding hydrogens is 314 g/mol. The third-order valence-corrected chi connectivity index (χ3v) is 4.57. The van der Waals surface area contributed by atoms with E-state index in [2.05, 4.69) is 40.4 Å². The summed E-state index contributed by atoms with van der Waals surface area (Å²) in [5.41, 5.74) is 8.27. The molecule has 0 bridgehead atoms. The van der Waals surface area contributed by atoms with Crippen LogP contribution >= 0.6 is 0 Å². The topological polar surface area (TPSA) is 73.4 Å². The molecule has 2 atom stereocenters. The molecule has 4 N–H and O–H groups in total. The average molecular weight is 339 g/mol. The van der Waals surface area contributed by atoms with E-state index in [0.29, 0.717) is 13.0 Å². The Kier molecular flexibility index (Phi) is 6.04. The van der Waals surface area contributed by atoms with Crippen molar-refractivity contribution in [3.8, 4) is 5.75 Å². The number of aromatic hydroxyl groups is 1. The van der Waals surface area contributed by atoms with E-state index in [0.717, 1.165) is 24.8 Å². The Bertz CT molecular complexity index is 690. The molecule has 0 saturated carbocycles. The van der Waals surface area contributed by atoms with Crippen molar-refractivity contribution in [1.82, 2.24) is 16.2 Å². The molecule has 2 aromatic rings. The zero-order valence-electron chi connectivity index (χ0n) is 14.2. The van der Waals surface area contributed by atoms with Gasteiger partial charge in [-0.15, -0.1) is 0 Å². The quantitative estimate of drug-likeness (QED) is 0.585. The fourth-order valence-electron chi connectivity index (χ4n) is 3.15. The molecule has 2 aromatic carbocycles. The summed E-state index contributed by atoms with van der Waals surface area (Å²) < 4.78 is 0. The molecule has 1 fully saturated rings. The zero-order chi connectivity index (χ0) is 17.5. The van der Waals surface area contributed by atoms with Gasteiger partial charge in [0.25, 0.3) is 0 Å². The molecule has 132 valence electrons. The first-order chi connectivity index (χ1) is 12.2. The first kappa shape index (κ1) is 17.5. The van der Waals surface area contributed by atoms with Gasteiger partial charge in [0.1, 0.15) is 11.8 Å². The molecule has 25 heavy (non-hydrogen) atoms. The number of unbranched alkanes of at least 4 members (excludes halogenated alkanes) is 1. The van der Waals surface area contributed by atoms with Crippen LogP contribution in [0.4, 0.5) is 0 Å². The normalized spacial score (nSPS) is 19.7. The number of amides is 1. The molecule has 0 aromatic heterocycles. The summed E-state index contributed by atoms with van der Waals surface area (Å²) in [6.07, 6.45) is 3.67. The lowest BCUT2D eigenvalue weighted by Crippen LogP contribution is -2.43. The van der Waals surface area contributed by atoms with Crippen molar-refractivity contribution in [3.05, 3.63) is 65.7 Å². The summed E-state index contributed by atoms with van der Waals surface area (Å²) in [5, 5.41) is 12.9. The number of hydrogen-bond acceptors (Lipinski definition) is 4. The number of phenols is 1. The maximum absolute atomic E-state index is 12.3. The van der Waals surface area contributed by atoms with Crippen LogP contribution in [0.1, 0.15) is 36.4 Å². The van der Waals surface area contributed by atoms with Gasteiger partial charge in [-0.2, -0.15) is 0 Å². The van der Waals surface area contributed by atoms with E-state index in [9.17, 15) is 9.90 Å². The number of carbonyl (C=O) groups excluding carboxylic acids is 1. The van der Waals surface area contributed by atoms with Crippen LogP contribution in [0.3, 0.4) is 0 Å². The van der Waals surface area contributed by atoms with E-state index in [1.807, 2.05) is 18.2 Å². The molecule has 2 unspecified atom stereocenters. The highest BCUT2D eigenvalue weighted by atomic mass is 16.3. The largest absolute Gasteiger partial charge is 0.508 e. The van der Waals surface area contributed by atoms with Crippen LogP contribution in [-0.4, -0.2) is 23.6 Å². The number of para-hydroxylation sites is 1. The first-order valence-corrected chi connectivity index (χ1v) is 8.84. The number of hydrogen-bond donors (Lipinski definition) is 4. The van der Waals surface area contributed by atoms with Gasteiger partial charge in [-0.25, -0.2) is 10.9 Å². The van der Waals surface area contributed by atoms with E-state index in [4.69, 9.17) is 0 Å². The Hall–Kier alpha value is -2.37. The molecule has 1 amide bonds. The Labute approximate surface area is 148 Å². The van der Waals surface area contributed by atoms with Gasteiger partial charge >= 0.3 is 0 Å². The SMILES string of the molecule is O=C(NCCCCc1ccccc1)C1CC(c2ccccc2O)NN1. The van der Waals surface area contributed by atoms with Crippen LogP contribution in [0.15, 0.2) is 54.6 Å². The number of aryl methyl sites for hydroxylation is 1. The summed E-state index contributed by atoms with van der Waals surface area (Å²) in [4.78, 5) is 12.3. The maximum Gasteiger partial charge on any atom is 0.238 e. The van der Waals surface area contributed by atoms with Crippen molar-refractivity contribution < 1.29 is 9.90 Å². The Morgan fingerprint density at radius 3 is 2.60 bits per heavy atom. The minimum atomic E-state index is -0.279. The first-order valence-electron chi connectivity index (χ1n) is 8.84. The Balaban J connectivity index is 1.37. The molecule has 0 radical (unpaired) electrons. The molecule has 1 aliphatic heterocycles. The van der Waals surface area contributed by atoms with Crippen molar-refractivity contribution in [2.75, 3.05) is 6.54 Å². The lowest BCUT2D eigenvalue weighted by atomic mass is 10.0. The Morgan fingerprint density at radius 2 is 1.80 bits per heavy atom. The standard InChI is InChI=1S/C20H25N3O2/c24-19-12-5-4-11-16(19)17-14-18(23-22-17)20(25)21-13-7-6-10-15-8-2-1-3-9-15/h1-5,8-9,11-12,17-18,22-24H,6-7,10,13-14H2,(H,21,25). The molecule has 1 saturated heterocycles. The minimum Gasteiger partial charge on any atom is -0.508 e. The van der Waals surface area contributed by atoms with Crippen LogP contribution in [0.25, 0.3) is 0 Å². The lowest BCUT2D eigenvalue weighted by molar-refractivity contribution is -0.122. The average Bonchev–Trinajstić information content (AvgIpc) is 3.12. The number of carbonyl (C=O) groups is 1. The van der Waals surface area contributed by atoms with Gasteiger partial charge in [0.15, 0.2) is 0 Å². The zero-order valence-corrected chi connectivity index (χ0v) is 14.2. The second kappa shape index (κ2) is 8.65. The van der Waals surface area contributed by atoms with Crippen molar-refractivity contribution in [2.24, 2.45) is 0 Å². The number of nitrogens with one attached hydrogen (secondary N) is 3. The van der Waals surface area contributed by atoms with E-state index in [-0.39, 0.29) is 23.7 Å². The van der Waals surface area contributed by atoms with Crippen molar-refractivity contribution in [1.29, 1.82) is 0 Å². The highest BCUT2D eigenvalue weighted by molar-refractivity contribution is 5.82. The van der Waals surface area contributed by atoms with Gasteiger partial charge in [0, 0.05) is 12.1 Å². The van der Waals surface area contributed by atoms with Gasteiger partial charge in [-0.3, -0.25) is 4.79 Å². The molecule has 1 heterocycles. The third-order valence-electron chi connectivity index (χ3n) is 4.57. The summed E-state index contributed by atoms with van der Waals surface area (Å²) in [6, 6.07) is 17.3. The molecule has 0 aliphatic carbocycles. The van der Waals surface area contributed by atoms with Crippen LogP contribution in [-0.2, 0) is 11.2 Å². The number of rotatable bonds is 7.